The summed E-state index contributed by atoms with van der Waals surface area (Å²) >= 11 is 5.67. The highest BCUT2D eigenvalue weighted by atomic mass is 35.5. The van der Waals surface area contributed by atoms with Gasteiger partial charge in [-0.15, -0.1) is 0 Å². The molecule has 4 nitrogen and oxygen atoms in total. The summed E-state index contributed by atoms with van der Waals surface area (Å²) in [7, 11) is 0. The number of amides is 3. The van der Waals surface area contributed by atoms with Crippen molar-refractivity contribution in [2.75, 3.05) is 5.32 Å². The van der Waals surface area contributed by atoms with E-state index in [9.17, 15) is 9.59 Å². The zero-order valence-electron chi connectivity index (χ0n) is 8.21. The first kappa shape index (κ1) is 11.5. The van der Waals surface area contributed by atoms with Gasteiger partial charge in [-0.2, -0.15) is 0 Å². The Morgan fingerprint density at radius 3 is 2.40 bits per heavy atom. The van der Waals surface area contributed by atoms with Gasteiger partial charge in [-0.3, -0.25) is 10.1 Å². The number of anilines is 1. The molecular weight excluding hydrogens is 216 g/mol. The van der Waals surface area contributed by atoms with Gasteiger partial charge in [0.1, 0.15) is 0 Å². The van der Waals surface area contributed by atoms with Gasteiger partial charge < -0.3 is 5.32 Å². The van der Waals surface area contributed by atoms with Gasteiger partial charge in [0.25, 0.3) is 0 Å². The van der Waals surface area contributed by atoms with Crippen molar-refractivity contribution >= 4 is 29.2 Å². The van der Waals surface area contributed by atoms with Crippen LogP contribution in [0.5, 0.6) is 0 Å². The van der Waals surface area contributed by atoms with Crippen LogP contribution in [0.15, 0.2) is 24.3 Å². The van der Waals surface area contributed by atoms with E-state index in [1.54, 1.807) is 31.2 Å². The molecule has 0 atom stereocenters. The van der Waals surface area contributed by atoms with Gasteiger partial charge in [0.2, 0.25) is 5.91 Å². The summed E-state index contributed by atoms with van der Waals surface area (Å²) in [4.78, 5) is 22.1. The van der Waals surface area contributed by atoms with Crippen LogP contribution in [-0.2, 0) is 4.79 Å². The largest absolute Gasteiger partial charge is 0.325 e. The highest BCUT2D eigenvalue weighted by Gasteiger charge is 2.04. The molecule has 0 radical (unpaired) electrons. The molecule has 2 N–H and O–H groups in total. The zero-order valence-corrected chi connectivity index (χ0v) is 8.97. The summed E-state index contributed by atoms with van der Waals surface area (Å²) in [6, 6.07) is 6.07. The van der Waals surface area contributed by atoms with Gasteiger partial charge in [0.15, 0.2) is 0 Å². The number of rotatable bonds is 2. The monoisotopic (exact) mass is 226 g/mol. The van der Waals surface area contributed by atoms with Crippen LogP contribution in [0.25, 0.3) is 0 Å². The third kappa shape index (κ3) is 3.99. The minimum absolute atomic E-state index is 0.272. The minimum atomic E-state index is -0.538. The number of hydrogen-bond donors (Lipinski definition) is 2. The SMILES string of the molecule is CCC(=O)NC(=O)Nc1ccc(Cl)cc1. The number of carbonyl (C=O) groups is 2. The van der Waals surface area contributed by atoms with E-state index in [1.807, 2.05) is 0 Å². The molecule has 0 fully saturated rings. The van der Waals surface area contributed by atoms with Crippen LogP contribution in [0.4, 0.5) is 10.5 Å². The van der Waals surface area contributed by atoms with Gasteiger partial charge in [-0.25, -0.2) is 4.79 Å². The van der Waals surface area contributed by atoms with Crippen molar-refractivity contribution in [1.82, 2.24) is 5.32 Å². The number of carbonyl (C=O) groups excluding carboxylic acids is 2. The maximum Gasteiger partial charge on any atom is 0.325 e. The molecule has 1 rings (SSSR count). The van der Waals surface area contributed by atoms with Crippen molar-refractivity contribution in [3.63, 3.8) is 0 Å². The van der Waals surface area contributed by atoms with Crippen LogP contribution in [0.2, 0.25) is 5.02 Å². The fraction of sp³-hybridized carbons (Fsp3) is 0.200. The fourth-order valence-corrected chi connectivity index (χ4v) is 1.04. The van der Waals surface area contributed by atoms with Gasteiger partial charge in [0.05, 0.1) is 0 Å². The molecule has 0 aromatic heterocycles. The van der Waals surface area contributed by atoms with E-state index in [2.05, 4.69) is 10.6 Å². The third-order valence-corrected chi connectivity index (χ3v) is 1.93. The molecule has 0 unspecified atom stereocenters. The Labute approximate surface area is 92.6 Å². The normalized spacial score (nSPS) is 9.47. The maximum absolute atomic E-state index is 11.2. The average Bonchev–Trinajstić information content (AvgIpc) is 2.21. The number of imide groups is 1. The quantitative estimate of drug-likeness (QED) is 0.814. The van der Waals surface area contributed by atoms with E-state index in [1.165, 1.54) is 0 Å². The lowest BCUT2D eigenvalue weighted by Crippen LogP contribution is -2.33. The van der Waals surface area contributed by atoms with Crippen LogP contribution >= 0.6 is 11.6 Å². The van der Waals surface area contributed by atoms with Gasteiger partial charge in [-0.1, -0.05) is 18.5 Å². The number of benzene rings is 1. The van der Waals surface area contributed by atoms with E-state index >= 15 is 0 Å². The first-order valence-corrected chi connectivity index (χ1v) is 4.86. The predicted octanol–water partition coefficient (Wildman–Crippen LogP) is 2.40. The molecule has 0 bridgehead atoms. The second-order valence-electron chi connectivity index (χ2n) is 2.86. The lowest BCUT2D eigenvalue weighted by molar-refractivity contribution is -0.119. The molecule has 15 heavy (non-hydrogen) atoms. The molecule has 0 saturated heterocycles. The summed E-state index contributed by atoms with van der Waals surface area (Å²) in [5.74, 6) is -0.318. The molecule has 80 valence electrons. The molecule has 5 heteroatoms. The van der Waals surface area contributed by atoms with Crippen molar-refractivity contribution in [3.8, 4) is 0 Å². The van der Waals surface area contributed by atoms with E-state index in [4.69, 9.17) is 11.6 Å². The Bertz CT molecular complexity index is 362. The second-order valence-corrected chi connectivity index (χ2v) is 3.30. The molecule has 1 aromatic rings. The molecule has 0 spiro atoms. The lowest BCUT2D eigenvalue weighted by atomic mass is 10.3. The number of urea groups is 1. The Balaban J connectivity index is 2.51. The van der Waals surface area contributed by atoms with E-state index < -0.39 is 6.03 Å². The topological polar surface area (TPSA) is 58.2 Å². The Morgan fingerprint density at radius 1 is 1.27 bits per heavy atom. The lowest BCUT2D eigenvalue weighted by Gasteiger charge is -2.05. The van der Waals surface area contributed by atoms with Gasteiger partial charge in [-0.05, 0) is 24.3 Å². The molecule has 3 amide bonds. The van der Waals surface area contributed by atoms with Crippen LogP contribution in [0, 0.1) is 0 Å². The first-order valence-electron chi connectivity index (χ1n) is 4.48. The van der Waals surface area contributed by atoms with Crippen LogP contribution in [0.1, 0.15) is 13.3 Å². The summed E-state index contributed by atoms with van der Waals surface area (Å²) in [6.07, 6.45) is 0.272. The highest BCUT2D eigenvalue weighted by Crippen LogP contribution is 2.12. The number of hydrogen-bond acceptors (Lipinski definition) is 2. The molecule has 0 heterocycles. The number of halogens is 1. The summed E-state index contributed by atoms with van der Waals surface area (Å²) in [5, 5.41) is 5.26. The van der Waals surface area contributed by atoms with E-state index in [0.29, 0.717) is 10.7 Å². The molecule has 0 aliphatic rings. The van der Waals surface area contributed by atoms with Gasteiger partial charge in [0, 0.05) is 17.1 Å². The molecule has 1 aromatic carbocycles. The Kier molecular flexibility index (Phi) is 4.12. The van der Waals surface area contributed by atoms with Crippen molar-refractivity contribution in [2.24, 2.45) is 0 Å². The molecule has 0 saturated carbocycles. The summed E-state index contributed by atoms with van der Waals surface area (Å²) in [6.45, 7) is 1.67. The zero-order chi connectivity index (χ0) is 11.3. The molecule has 0 aliphatic carbocycles. The maximum atomic E-state index is 11.2. The first-order chi connectivity index (χ1) is 7.11. The highest BCUT2D eigenvalue weighted by molar-refractivity contribution is 6.30. The van der Waals surface area contributed by atoms with Crippen molar-refractivity contribution in [3.05, 3.63) is 29.3 Å². The smallest absolute Gasteiger partial charge is 0.308 e. The summed E-state index contributed by atoms with van der Waals surface area (Å²) < 4.78 is 0. The molecule has 0 aliphatic heterocycles. The van der Waals surface area contributed by atoms with Crippen LogP contribution in [0.3, 0.4) is 0 Å². The number of nitrogens with one attached hydrogen (secondary N) is 2. The summed E-state index contributed by atoms with van der Waals surface area (Å²) in [5.41, 5.74) is 0.584. The fourth-order valence-electron chi connectivity index (χ4n) is 0.911. The van der Waals surface area contributed by atoms with Crippen LogP contribution < -0.4 is 10.6 Å². The second kappa shape index (κ2) is 5.36. The predicted molar refractivity (Wildman–Crippen MR) is 58.9 cm³/mol. The minimum Gasteiger partial charge on any atom is -0.308 e. The van der Waals surface area contributed by atoms with Crippen molar-refractivity contribution < 1.29 is 9.59 Å². The van der Waals surface area contributed by atoms with E-state index in [0.717, 1.165) is 0 Å². The molecular formula is C10H11ClN2O2. The average molecular weight is 227 g/mol. The standard InChI is InChI=1S/C10H11ClN2O2/c1-2-9(14)13-10(15)12-8-5-3-7(11)4-6-8/h3-6H,2H2,1H3,(H2,12,13,14,15). The third-order valence-electron chi connectivity index (χ3n) is 1.68. The van der Waals surface area contributed by atoms with Crippen molar-refractivity contribution in [2.45, 2.75) is 13.3 Å². The Morgan fingerprint density at radius 2 is 1.87 bits per heavy atom. The van der Waals surface area contributed by atoms with Gasteiger partial charge >= 0.3 is 6.03 Å². The Hall–Kier alpha value is -1.55. The van der Waals surface area contributed by atoms with Crippen molar-refractivity contribution in [1.29, 1.82) is 0 Å². The van der Waals surface area contributed by atoms with Crippen LogP contribution in [-0.4, -0.2) is 11.9 Å². The van der Waals surface area contributed by atoms with E-state index in [-0.39, 0.29) is 12.3 Å².